The van der Waals surface area contributed by atoms with Crippen LogP contribution in [0.3, 0.4) is 0 Å². The van der Waals surface area contributed by atoms with Crippen molar-refractivity contribution in [1.82, 2.24) is 4.98 Å². The molecule has 0 saturated carbocycles. The first-order valence-electron chi connectivity index (χ1n) is 7.39. The summed E-state index contributed by atoms with van der Waals surface area (Å²) in [6.07, 6.45) is 7.55. The number of para-hydroxylation sites is 1. The maximum atomic E-state index is 10.0. The highest BCUT2D eigenvalue weighted by molar-refractivity contribution is 5.83. The first-order chi connectivity index (χ1) is 10.1. The lowest BCUT2D eigenvalue weighted by Gasteiger charge is -1.96. The van der Waals surface area contributed by atoms with Gasteiger partial charge in [0.1, 0.15) is 11.3 Å². The first-order valence-corrected chi connectivity index (χ1v) is 7.39. The zero-order valence-electron chi connectivity index (χ0n) is 12.5. The number of aromatic nitrogens is 1. The van der Waals surface area contributed by atoms with Gasteiger partial charge in [0.25, 0.3) is 0 Å². The van der Waals surface area contributed by atoms with E-state index in [0.29, 0.717) is 11.9 Å². The standard InChI is InChI=1S/C9H7NO.C8H16O2/c11-8-5-1-3-7-4-2-6-10-9(7)8;1-2-3-4-5-6-7-8(9)10/h1-6,11H;2-7H2,1H3,(H,9,10). The molecule has 0 bridgehead atoms. The number of unbranched alkanes of at least 4 members (excludes halogenated alkanes) is 4. The van der Waals surface area contributed by atoms with Gasteiger partial charge in [-0.05, 0) is 18.6 Å². The minimum atomic E-state index is -0.670. The van der Waals surface area contributed by atoms with Gasteiger partial charge in [0.2, 0.25) is 0 Å². The van der Waals surface area contributed by atoms with Crippen LogP contribution < -0.4 is 0 Å². The number of phenolic OH excluding ortho intramolecular Hbond substituents is 1. The lowest BCUT2D eigenvalue weighted by atomic mass is 10.1. The Morgan fingerprint density at radius 1 is 1.10 bits per heavy atom. The topological polar surface area (TPSA) is 70.4 Å². The number of pyridine rings is 1. The normalized spacial score (nSPS) is 9.95. The van der Waals surface area contributed by atoms with Crippen molar-refractivity contribution in [3.8, 4) is 5.75 Å². The molecule has 1 aromatic heterocycles. The molecular formula is C17H23NO3. The van der Waals surface area contributed by atoms with E-state index < -0.39 is 5.97 Å². The van der Waals surface area contributed by atoms with E-state index in [-0.39, 0.29) is 5.75 Å². The Balaban J connectivity index is 0.000000212. The van der Waals surface area contributed by atoms with Crippen molar-refractivity contribution in [2.24, 2.45) is 0 Å². The van der Waals surface area contributed by atoms with E-state index in [1.54, 1.807) is 18.3 Å². The number of nitrogens with zero attached hydrogens (tertiary/aromatic N) is 1. The molecule has 0 aliphatic heterocycles. The summed E-state index contributed by atoms with van der Waals surface area (Å²) in [7, 11) is 0. The second kappa shape index (κ2) is 9.75. The van der Waals surface area contributed by atoms with Crippen molar-refractivity contribution in [2.75, 3.05) is 0 Å². The molecule has 0 unspecified atom stereocenters. The summed E-state index contributed by atoms with van der Waals surface area (Å²) in [5.41, 5.74) is 0.662. The molecule has 2 aromatic rings. The number of carboxylic acids is 1. The monoisotopic (exact) mass is 289 g/mol. The van der Waals surface area contributed by atoms with Gasteiger partial charge in [0.05, 0.1) is 0 Å². The molecule has 4 heteroatoms. The average Bonchev–Trinajstić information content (AvgIpc) is 2.48. The van der Waals surface area contributed by atoms with Crippen LogP contribution in [0.2, 0.25) is 0 Å². The molecule has 0 spiro atoms. The summed E-state index contributed by atoms with van der Waals surface area (Å²) in [5.74, 6) is -0.431. The largest absolute Gasteiger partial charge is 0.506 e. The van der Waals surface area contributed by atoms with Crippen LogP contribution in [-0.2, 0) is 4.79 Å². The number of aromatic hydroxyl groups is 1. The first kappa shape index (κ1) is 17.0. The third-order valence-corrected chi connectivity index (χ3v) is 3.11. The molecule has 4 nitrogen and oxygen atoms in total. The summed E-state index contributed by atoms with van der Waals surface area (Å²) in [6.45, 7) is 2.15. The van der Waals surface area contributed by atoms with Crippen LogP contribution in [0.4, 0.5) is 0 Å². The van der Waals surface area contributed by atoms with Gasteiger partial charge in [-0.1, -0.05) is 50.8 Å². The highest BCUT2D eigenvalue weighted by Crippen LogP contribution is 2.20. The van der Waals surface area contributed by atoms with Gasteiger partial charge in [-0.15, -0.1) is 0 Å². The highest BCUT2D eigenvalue weighted by atomic mass is 16.4. The van der Waals surface area contributed by atoms with Gasteiger partial charge in [0.15, 0.2) is 0 Å². The summed E-state index contributed by atoms with van der Waals surface area (Å²) in [5, 5.41) is 18.5. The van der Waals surface area contributed by atoms with Crippen molar-refractivity contribution in [3.05, 3.63) is 36.5 Å². The molecule has 2 N–H and O–H groups in total. The molecule has 0 atom stereocenters. The zero-order chi connectivity index (χ0) is 15.5. The number of hydrogen-bond donors (Lipinski definition) is 2. The van der Waals surface area contributed by atoms with E-state index in [0.717, 1.165) is 18.2 Å². The van der Waals surface area contributed by atoms with E-state index in [2.05, 4.69) is 11.9 Å². The molecule has 0 aliphatic carbocycles. The number of carbonyl (C=O) groups is 1. The second-order valence-electron chi connectivity index (χ2n) is 4.91. The van der Waals surface area contributed by atoms with Gasteiger partial charge in [-0.25, -0.2) is 0 Å². The minimum Gasteiger partial charge on any atom is -0.506 e. The van der Waals surface area contributed by atoms with Crippen molar-refractivity contribution >= 4 is 16.9 Å². The second-order valence-corrected chi connectivity index (χ2v) is 4.91. The Kier molecular flexibility index (Phi) is 7.87. The molecule has 2 rings (SSSR count). The fraction of sp³-hybridized carbons (Fsp3) is 0.412. The van der Waals surface area contributed by atoms with E-state index in [4.69, 9.17) is 5.11 Å². The van der Waals surface area contributed by atoms with Crippen LogP contribution >= 0.6 is 0 Å². The van der Waals surface area contributed by atoms with Gasteiger partial charge >= 0.3 is 5.97 Å². The quantitative estimate of drug-likeness (QED) is 0.774. The molecule has 0 amide bonds. The maximum Gasteiger partial charge on any atom is 0.303 e. The summed E-state index contributed by atoms with van der Waals surface area (Å²) >= 11 is 0. The smallest absolute Gasteiger partial charge is 0.303 e. The number of rotatable bonds is 6. The molecular weight excluding hydrogens is 266 g/mol. The molecule has 1 heterocycles. The Labute approximate surface area is 125 Å². The van der Waals surface area contributed by atoms with Crippen molar-refractivity contribution in [2.45, 2.75) is 45.4 Å². The van der Waals surface area contributed by atoms with Crippen LogP contribution in [0.15, 0.2) is 36.5 Å². The Morgan fingerprint density at radius 3 is 2.48 bits per heavy atom. The fourth-order valence-electron chi connectivity index (χ4n) is 1.97. The van der Waals surface area contributed by atoms with Gasteiger partial charge in [0, 0.05) is 18.0 Å². The highest BCUT2D eigenvalue weighted by Gasteiger charge is 1.96. The van der Waals surface area contributed by atoms with E-state index in [1.807, 2.05) is 18.2 Å². The van der Waals surface area contributed by atoms with Gasteiger partial charge in [-0.3, -0.25) is 9.78 Å². The van der Waals surface area contributed by atoms with E-state index in [1.165, 1.54) is 19.3 Å². The molecule has 0 fully saturated rings. The van der Waals surface area contributed by atoms with Gasteiger partial charge < -0.3 is 10.2 Å². The fourth-order valence-corrected chi connectivity index (χ4v) is 1.97. The van der Waals surface area contributed by atoms with E-state index in [9.17, 15) is 9.90 Å². The number of carboxylic acid groups (broad SMARTS) is 1. The zero-order valence-corrected chi connectivity index (χ0v) is 12.5. The minimum absolute atomic E-state index is 0.239. The summed E-state index contributed by atoms with van der Waals surface area (Å²) in [4.78, 5) is 14.1. The Hall–Kier alpha value is -2.10. The molecule has 0 radical (unpaired) electrons. The van der Waals surface area contributed by atoms with Crippen molar-refractivity contribution in [1.29, 1.82) is 0 Å². The Morgan fingerprint density at radius 2 is 1.81 bits per heavy atom. The SMILES string of the molecule is CCCCCCCC(=O)O.Oc1cccc2cccnc12. The molecule has 0 saturated heterocycles. The van der Waals surface area contributed by atoms with Crippen molar-refractivity contribution in [3.63, 3.8) is 0 Å². The van der Waals surface area contributed by atoms with E-state index >= 15 is 0 Å². The summed E-state index contributed by atoms with van der Waals surface area (Å²) in [6, 6.07) is 9.13. The average molecular weight is 289 g/mol. The van der Waals surface area contributed by atoms with Crippen LogP contribution in [0.1, 0.15) is 45.4 Å². The van der Waals surface area contributed by atoms with Crippen LogP contribution in [0.25, 0.3) is 10.9 Å². The third kappa shape index (κ3) is 6.75. The molecule has 21 heavy (non-hydrogen) atoms. The number of phenols is 1. The predicted octanol–water partition coefficient (Wildman–Crippen LogP) is 4.37. The van der Waals surface area contributed by atoms with Crippen molar-refractivity contribution < 1.29 is 15.0 Å². The lowest BCUT2D eigenvalue weighted by molar-refractivity contribution is -0.137. The van der Waals surface area contributed by atoms with Crippen LogP contribution in [-0.4, -0.2) is 21.2 Å². The molecule has 0 aliphatic rings. The number of aliphatic carboxylic acids is 1. The summed E-state index contributed by atoms with van der Waals surface area (Å²) < 4.78 is 0. The predicted molar refractivity (Wildman–Crippen MR) is 84.4 cm³/mol. The van der Waals surface area contributed by atoms with Crippen LogP contribution in [0.5, 0.6) is 5.75 Å². The number of fused-ring (bicyclic) bond motifs is 1. The Bertz CT molecular complexity index is 549. The van der Waals surface area contributed by atoms with Crippen LogP contribution in [0, 0.1) is 0 Å². The lowest BCUT2D eigenvalue weighted by Crippen LogP contribution is -1.93. The number of hydrogen-bond acceptors (Lipinski definition) is 3. The maximum absolute atomic E-state index is 10.0. The number of benzene rings is 1. The third-order valence-electron chi connectivity index (χ3n) is 3.11. The molecule has 1 aromatic carbocycles. The molecule has 114 valence electrons. The van der Waals surface area contributed by atoms with Gasteiger partial charge in [-0.2, -0.15) is 0 Å².